The van der Waals surface area contributed by atoms with Crippen LogP contribution in [0, 0.1) is 17.3 Å². The zero-order valence-electron chi connectivity index (χ0n) is 23.5. The van der Waals surface area contributed by atoms with Crippen LogP contribution in [0.1, 0.15) is 137 Å². The van der Waals surface area contributed by atoms with Gasteiger partial charge >= 0.3 is 5.97 Å². The Hall–Kier alpha value is -0.650. The Bertz CT molecular complexity index is 569. The van der Waals surface area contributed by atoms with Crippen LogP contribution in [0.5, 0.6) is 0 Å². The van der Waals surface area contributed by atoms with Gasteiger partial charge in [0, 0.05) is 18.8 Å². The van der Waals surface area contributed by atoms with Crippen molar-refractivity contribution in [1.29, 1.82) is 0 Å². The lowest BCUT2D eigenvalue weighted by molar-refractivity contribution is -0.188. The Labute approximate surface area is 216 Å². The third-order valence-corrected chi connectivity index (χ3v) is 8.57. The molecule has 0 radical (unpaired) electrons. The summed E-state index contributed by atoms with van der Waals surface area (Å²) in [4.78, 5) is 11.9. The molecule has 1 saturated heterocycles. The molecule has 1 N–H and O–H groups in total. The van der Waals surface area contributed by atoms with Crippen LogP contribution in [-0.2, 0) is 19.0 Å². The van der Waals surface area contributed by atoms with Crippen molar-refractivity contribution in [3.8, 4) is 0 Å². The van der Waals surface area contributed by atoms with Crippen LogP contribution >= 0.6 is 0 Å². The Morgan fingerprint density at radius 3 is 2.37 bits per heavy atom. The molecule has 1 spiro atoms. The molecule has 0 unspecified atom stereocenters. The number of unbranched alkanes of at least 4 members (excludes halogenated alkanes) is 7. The Morgan fingerprint density at radius 1 is 0.971 bits per heavy atom. The quantitative estimate of drug-likeness (QED) is 0.147. The van der Waals surface area contributed by atoms with Gasteiger partial charge in [-0.2, -0.15) is 0 Å². The maximum absolute atomic E-state index is 11.9. The highest BCUT2D eigenvalue weighted by Crippen LogP contribution is 2.50. The van der Waals surface area contributed by atoms with Gasteiger partial charge in [0.25, 0.3) is 0 Å². The summed E-state index contributed by atoms with van der Waals surface area (Å²) in [7, 11) is 0. The lowest BCUT2D eigenvalue weighted by Gasteiger charge is -2.34. The summed E-state index contributed by atoms with van der Waals surface area (Å²) in [6.45, 7) is 10.8. The first-order chi connectivity index (χ1) is 16.8. The molecule has 5 nitrogen and oxygen atoms in total. The number of rotatable bonds is 19. The summed E-state index contributed by atoms with van der Waals surface area (Å²) in [6.07, 6.45) is 17.7. The first-order valence-corrected chi connectivity index (χ1v) is 15.0. The summed E-state index contributed by atoms with van der Waals surface area (Å²) >= 11 is 0. The first-order valence-electron chi connectivity index (χ1n) is 15.0. The van der Waals surface area contributed by atoms with E-state index in [-0.39, 0.29) is 23.3 Å². The molecular weight excluding hydrogens is 440 g/mol. The van der Waals surface area contributed by atoms with E-state index < -0.39 is 0 Å². The summed E-state index contributed by atoms with van der Waals surface area (Å²) in [5, 5.41) is 10.9. The van der Waals surface area contributed by atoms with E-state index >= 15 is 0 Å². The van der Waals surface area contributed by atoms with Gasteiger partial charge in [0.05, 0.1) is 25.9 Å². The molecule has 0 aromatic carbocycles. The minimum Gasteiger partial charge on any atom is -0.466 e. The molecular formula is C30H56O5. The standard InChI is InChI=1S/C30H56O5/c1-5-7-9-14-22-33-28(32)16-13-11-10-12-15-26-25(19-21-30(26)34-23-24-35-30)17-18-27(31)29(3,4)20-8-6-2/h25-27,31H,5-24H2,1-4H3/t25-,26+,27-/m0/s1. The SMILES string of the molecule is CCCCCCOC(=O)CCCCCC[C@@H]1[C@@H](CC[C@H](O)C(C)(C)CCCC)CCC12OCCO2. The molecule has 2 rings (SSSR count). The van der Waals surface area contributed by atoms with Crippen molar-refractivity contribution in [2.75, 3.05) is 19.8 Å². The fourth-order valence-corrected chi connectivity index (χ4v) is 6.10. The van der Waals surface area contributed by atoms with Gasteiger partial charge in [-0.1, -0.05) is 79.1 Å². The second-order valence-corrected chi connectivity index (χ2v) is 11.8. The van der Waals surface area contributed by atoms with Gasteiger partial charge in [0.15, 0.2) is 5.79 Å². The van der Waals surface area contributed by atoms with Crippen LogP contribution in [0.25, 0.3) is 0 Å². The highest BCUT2D eigenvalue weighted by molar-refractivity contribution is 5.69. The normalized spacial score (nSPS) is 22.7. The van der Waals surface area contributed by atoms with Crippen LogP contribution in [-0.4, -0.2) is 42.8 Å². The summed E-state index contributed by atoms with van der Waals surface area (Å²) < 4.78 is 17.7. The number of hydrogen-bond acceptors (Lipinski definition) is 5. The molecule has 35 heavy (non-hydrogen) atoms. The predicted octanol–water partition coefficient (Wildman–Crippen LogP) is 7.58. The van der Waals surface area contributed by atoms with Crippen LogP contribution in [0.4, 0.5) is 0 Å². The van der Waals surface area contributed by atoms with E-state index in [1.807, 2.05) is 0 Å². The van der Waals surface area contributed by atoms with Gasteiger partial charge in [0.2, 0.25) is 0 Å². The van der Waals surface area contributed by atoms with E-state index in [2.05, 4.69) is 27.7 Å². The van der Waals surface area contributed by atoms with Crippen LogP contribution in [0.3, 0.4) is 0 Å². The molecule has 1 aliphatic carbocycles. The number of aliphatic hydroxyl groups is 1. The zero-order chi connectivity index (χ0) is 25.6. The van der Waals surface area contributed by atoms with E-state index in [1.165, 1.54) is 25.7 Å². The Balaban J connectivity index is 1.70. The molecule has 0 aromatic heterocycles. The van der Waals surface area contributed by atoms with Gasteiger partial charge < -0.3 is 19.3 Å². The second-order valence-electron chi connectivity index (χ2n) is 11.8. The van der Waals surface area contributed by atoms with Crippen molar-refractivity contribution in [3.63, 3.8) is 0 Å². The number of carbonyl (C=O) groups excluding carboxylic acids is 1. The fraction of sp³-hybridized carbons (Fsp3) is 0.967. The number of hydrogen-bond donors (Lipinski definition) is 1. The van der Waals surface area contributed by atoms with Crippen molar-refractivity contribution >= 4 is 5.97 Å². The number of esters is 1. The third-order valence-electron chi connectivity index (χ3n) is 8.57. The second kappa shape index (κ2) is 16.2. The van der Waals surface area contributed by atoms with Crippen molar-refractivity contribution in [2.45, 2.75) is 149 Å². The Morgan fingerprint density at radius 2 is 1.66 bits per heavy atom. The summed E-state index contributed by atoms with van der Waals surface area (Å²) in [5.41, 5.74) is -0.0151. The largest absolute Gasteiger partial charge is 0.466 e. The van der Waals surface area contributed by atoms with E-state index in [4.69, 9.17) is 14.2 Å². The fourth-order valence-electron chi connectivity index (χ4n) is 6.10. The molecule has 1 aliphatic heterocycles. The molecule has 3 atom stereocenters. The number of carbonyl (C=O) groups is 1. The smallest absolute Gasteiger partial charge is 0.305 e. The minimum atomic E-state index is -0.380. The minimum absolute atomic E-state index is 0.0151. The monoisotopic (exact) mass is 496 g/mol. The maximum atomic E-state index is 11.9. The summed E-state index contributed by atoms with van der Waals surface area (Å²) in [5.74, 6) is 0.565. The van der Waals surface area contributed by atoms with Crippen LogP contribution in [0.2, 0.25) is 0 Å². The third kappa shape index (κ3) is 10.3. The summed E-state index contributed by atoms with van der Waals surface area (Å²) in [6, 6.07) is 0. The highest BCUT2D eigenvalue weighted by atomic mass is 16.7. The molecule has 1 saturated carbocycles. The van der Waals surface area contributed by atoms with Crippen molar-refractivity contribution < 1.29 is 24.1 Å². The molecule has 0 bridgehead atoms. The number of ether oxygens (including phenoxy) is 3. The predicted molar refractivity (Wildman–Crippen MR) is 142 cm³/mol. The zero-order valence-corrected chi connectivity index (χ0v) is 23.5. The van der Waals surface area contributed by atoms with Crippen molar-refractivity contribution in [1.82, 2.24) is 0 Å². The Kier molecular flexibility index (Phi) is 14.2. The van der Waals surface area contributed by atoms with Gasteiger partial charge in [-0.15, -0.1) is 0 Å². The number of aliphatic hydroxyl groups excluding tert-OH is 1. The van der Waals surface area contributed by atoms with Gasteiger partial charge in [-0.3, -0.25) is 4.79 Å². The van der Waals surface area contributed by atoms with E-state index in [0.29, 0.717) is 38.1 Å². The van der Waals surface area contributed by atoms with Crippen molar-refractivity contribution in [3.05, 3.63) is 0 Å². The average Bonchev–Trinajstić information content (AvgIpc) is 3.45. The van der Waals surface area contributed by atoms with Gasteiger partial charge in [-0.25, -0.2) is 0 Å². The van der Waals surface area contributed by atoms with E-state index in [9.17, 15) is 9.90 Å². The maximum Gasteiger partial charge on any atom is 0.305 e. The molecule has 5 heteroatoms. The topological polar surface area (TPSA) is 65.0 Å². The molecule has 2 aliphatic rings. The molecule has 0 aromatic rings. The highest BCUT2D eigenvalue weighted by Gasteiger charge is 2.52. The lowest BCUT2D eigenvalue weighted by atomic mass is 9.77. The molecule has 2 fully saturated rings. The van der Waals surface area contributed by atoms with E-state index in [0.717, 1.165) is 77.0 Å². The van der Waals surface area contributed by atoms with Gasteiger partial charge in [-0.05, 0) is 56.3 Å². The molecule has 0 amide bonds. The van der Waals surface area contributed by atoms with Crippen molar-refractivity contribution in [2.24, 2.45) is 17.3 Å². The first kappa shape index (κ1) is 30.6. The average molecular weight is 497 g/mol. The lowest BCUT2D eigenvalue weighted by Crippen LogP contribution is -2.37. The molecule has 1 heterocycles. The van der Waals surface area contributed by atoms with Crippen LogP contribution in [0.15, 0.2) is 0 Å². The van der Waals surface area contributed by atoms with E-state index in [1.54, 1.807) is 0 Å². The van der Waals surface area contributed by atoms with Crippen LogP contribution < -0.4 is 0 Å². The van der Waals surface area contributed by atoms with Gasteiger partial charge in [0.1, 0.15) is 0 Å². The molecule has 206 valence electrons.